The van der Waals surface area contributed by atoms with Crippen molar-refractivity contribution in [3.8, 4) is 0 Å². The van der Waals surface area contributed by atoms with Gasteiger partial charge in [0.05, 0.1) is 0 Å². The van der Waals surface area contributed by atoms with Gasteiger partial charge < -0.3 is 0 Å². The number of hydrogen-bond acceptors (Lipinski definition) is 11. The third kappa shape index (κ3) is 7.17. The molecular formula is C10H20N5O11P3. The molecule has 0 bridgehead atoms. The Bertz CT molecular complexity index is 1040. The van der Waals surface area contributed by atoms with Gasteiger partial charge in [-0.1, -0.05) is 0 Å². The number of ether oxygens (including phenoxy) is 1. The van der Waals surface area contributed by atoms with Gasteiger partial charge in [0.15, 0.2) is 0 Å². The quantitative estimate of drug-likeness (QED) is 0.217. The van der Waals surface area contributed by atoms with Crippen LogP contribution in [0.25, 0.3) is 11.2 Å². The van der Waals surface area contributed by atoms with Gasteiger partial charge in [-0.25, -0.2) is 0 Å². The van der Waals surface area contributed by atoms with E-state index in [1.807, 2.05) is 0 Å². The Morgan fingerprint density at radius 3 is 2.52 bits per heavy atom. The SMILES string of the molecule is CC(C)(Cn1cnc2c(=O)[nH]c(N)nc21)OC[PH](O)(O)OP(=O)(O)OP(=O)(O)O. The number of nitrogen functional groups attached to an aromatic ring is 1. The summed E-state index contributed by atoms with van der Waals surface area (Å²) in [6, 6.07) is 0. The molecule has 0 fully saturated rings. The first-order valence-electron chi connectivity index (χ1n) is 7.58. The average Bonchev–Trinajstić information content (AvgIpc) is 2.84. The number of phosphoric acid groups is 2. The average molecular weight is 479 g/mol. The molecule has 0 saturated carbocycles. The molecule has 16 nitrogen and oxygen atoms in total. The molecule has 0 radical (unpaired) electrons. The number of anilines is 1. The van der Waals surface area contributed by atoms with Crippen molar-refractivity contribution in [3.63, 3.8) is 0 Å². The number of hydrogen-bond donors (Lipinski definition) is 7. The predicted octanol–water partition coefficient (Wildman–Crippen LogP) is -0.840. The second-order valence-corrected chi connectivity index (χ2v) is 11.5. The van der Waals surface area contributed by atoms with Crippen molar-refractivity contribution in [2.24, 2.45) is 0 Å². The van der Waals surface area contributed by atoms with Crippen LogP contribution in [0.15, 0.2) is 11.1 Å². The summed E-state index contributed by atoms with van der Waals surface area (Å²) < 4.78 is 36.3. The molecule has 0 amide bonds. The minimum absolute atomic E-state index is 0.0142. The topological polar surface area (TPSA) is 253 Å². The summed E-state index contributed by atoms with van der Waals surface area (Å²) in [7, 11) is -15.9. The number of nitrogens with two attached hydrogens (primary N) is 1. The van der Waals surface area contributed by atoms with Crippen LogP contribution in [-0.2, 0) is 29.0 Å². The Morgan fingerprint density at radius 1 is 1.31 bits per heavy atom. The molecule has 19 heteroatoms. The standard InChI is InChI=1S/C10H20N5O11P3/c1-10(2,3-15-4-12-6-7(15)13-9(11)14-8(6)16)24-5-27(17,18)25-29(22,23)26-28(19,20)21/h4,17-18,27H,3,5H2,1-2H3,(H,22,23)(H2,19,20,21)(H3,11,13,14,16). The van der Waals surface area contributed by atoms with Gasteiger partial charge in [0.25, 0.3) is 0 Å². The monoisotopic (exact) mass is 479 g/mol. The predicted molar refractivity (Wildman–Crippen MR) is 99.4 cm³/mol. The molecule has 8 N–H and O–H groups in total. The first-order valence-corrected chi connectivity index (χ1v) is 12.6. The minimum atomic E-state index is -5.48. The van der Waals surface area contributed by atoms with Gasteiger partial charge in [0.2, 0.25) is 0 Å². The number of aromatic nitrogens is 4. The Kier molecular flexibility index (Phi) is 6.70. The zero-order valence-corrected chi connectivity index (χ0v) is 17.8. The first-order chi connectivity index (χ1) is 13.0. The zero-order valence-electron chi connectivity index (χ0n) is 15.0. The number of rotatable bonds is 9. The molecule has 2 heterocycles. The third-order valence-electron chi connectivity index (χ3n) is 3.17. The van der Waals surface area contributed by atoms with Crippen LogP contribution in [0.5, 0.6) is 0 Å². The summed E-state index contributed by atoms with van der Waals surface area (Å²) in [5, 5.41) is 0. The van der Waals surface area contributed by atoms with Crippen LogP contribution >= 0.6 is 23.6 Å². The second kappa shape index (κ2) is 8.10. The number of nitrogens with one attached hydrogen (secondary N) is 1. The summed E-state index contributed by atoms with van der Waals surface area (Å²) in [6.45, 7) is 2.99. The molecule has 1 atom stereocenters. The van der Waals surface area contributed by atoms with E-state index in [9.17, 15) is 28.6 Å². The van der Waals surface area contributed by atoms with Crippen LogP contribution in [0.1, 0.15) is 13.8 Å². The molecule has 0 spiro atoms. The molecule has 166 valence electrons. The molecule has 0 aromatic carbocycles. The van der Waals surface area contributed by atoms with E-state index in [-0.39, 0.29) is 23.7 Å². The molecule has 29 heavy (non-hydrogen) atoms. The van der Waals surface area contributed by atoms with Crippen molar-refractivity contribution in [1.82, 2.24) is 19.5 Å². The van der Waals surface area contributed by atoms with Crippen molar-refractivity contribution in [3.05, 3.63) is 16.7 Å². The molecule has 1 unspecified atom stereocenters. The van der Waals surface area contributed by atoms with Gasteiger partial charge in [0, 0.05) is 0 Å². The first kappa shape index (κ1) is 24.0. The number of aromatic amines is 1. The van der Waals surface area contributed by atoms with Gasteiger partial charge in [-0.05, 0) is 0 Å². The van der Waals surface area contributed by atoms with Gasteiger partial charge in [-0.3, -0.25) is 0 Å². The van der Waals surface area contributed by atoms with Crippen LogP contribution in [0.2, 0.25) is 0 Å². The zero-order chi connectivity index (χ0) is 22.3. The number of imidazole rings is 1. The van der Waals surface area contributed by atoms with E-state index in [0.717, 1.165) is 0 Å². The summed E-state index contributed by atoms with van der Waals surface area (Å²) in [5.41, 5.74) is 3.93. The second-order valence-electron chi connectivity index (χ2n) is 6.42. The normalized spacial score (nSPS) is 16.1. The van der Waals surface area contributed by atoms with E-state index >= 15 is 0 Å². The molecule has 0 aliphatic heterocycles. The van der Waals surface area contributed by atoms with Gasteiger partial charge in [-0.2, -0.15) is 0 Å². The van der Waals surface area contributed by atoms with E-state index in [1.54, 1.807) is 0 Å². The van der Waals surface area contributed by atoms with Crippen LogP contribution in [0, 0.1) is 0 Å². The van der Waals surface area contributed by atoms with Crippen LogP contribution in [-0.4, -0.2) is 55.9 Å². The van der Waals surface area contributed by atoms with Gasteiger partial charge in [-0.15, -0.1) is 0 Å². The fourth-order valence-electron chi connectivity index (χ4n) is 2.19. The van der Waals surface area contributed by atoms with Crippen LogP contribution in [0.3, 0.4) is 0 Å². The van der Waals surface area contributed by atoms with Crippen molar-refractivity contribution in [2.75, 3.05) is 12.1 Å². The summed E-state index contributed by atoms with van der Waals surface area (Å²) in [5.74, 6) is -0.141. The molecule has 0 aliphatic carbocycles. The summed E-state index contributed by atoms with van der Waals surface area (Å²) >= 11 is 0. The van der Waals surface area contributed by atoms with Gasteiger partial charge >= 0.3 is 162 Å². The van der Waals surface area contributed by atoms with Crippen molar-refractivity contribution in [2.45, 2.75) is 26.0 Å². The van der Waals surface area contributed by atoms with Gasteiger partial charge in [0.1, 0.15) is 0 Å². The maximum atomic E-state index is 11.8. The van der Waals surface area contributed by atoms with E-state index in [2.05, 4.69) is 23.6 Å². The van der Waals surface area contributed by atoms with Crippen LogP contribution in [0.4, 0.5) is 5.95 Å². The van der Waals surface area contributed by atoms with E-state index < -0.39 is 41.1 Å². The van der Waals surface area contributed by atoms with E-state index in [4.69, 9.17) is 20.3 Å². The Labute approximate surface area is 162 Å². The molecule has 2 aromatic rings. The number of nitrogens with zero attached hydrogens (tertiary/aromatic N) is 3. The summed E-state index contributed by atoms with van der Waals surface area (Å²) in [4.78, 5) is 67.7. The molecule has 0 aliphatic rings. The van der Waals surface area contributed by atoms with E-state index in [0.29, 0.717) is 0 Å². The number of fused-ring (bicyclic) bond motifs is 1. The van der Waals surface area contributed by atoms with Crippen molar-refractivity contribution >= 4 is 40.7 Å². The fraction of sp³-hybridized carbons (Fsp3) is 0.500. The third-order valence-corrected chi connectivity index (χ3v) is 7.46. The van der Waals surface area contributed by atoms with E-state index in [1.165, 1.54) is 24.7 Å². The maximum absolute atomic E-state index is 11.8. The molecule has 2 rings (SSSR count). The Morgan fingerprint density at radius 2 is 1.93 bits per heavy atom. The molecule has 2 aromatic heterocycles. The Balaban J connectivity index is 2.09. The Hall–Kier alpha value is -1.28. The van der Waals surface area contributed by atoms with Crippen LogP contribution < -0.4 is 11.3 Å². The molecular weight excluding hydrogens is 459 g/mol. The fourth-order valence-corrected chi connectivity index (χ4v) is 5.97. The number of H-pyrrole nitrogens is 1. The summed E-state index contributed by atoms with van der Waals surface area (Å²) in [6.07, 6.45) is 0.296. The van der Waals surface area contributed by atoms with Crippen molar-refractivity contribution in [1.29, 1.82) is 0 Å². The van der Waals surface area contributed by atoms with Crippen molar-refractivity contribution < 1.29 is 47.0 Å². The molecule has 0 saturated heterocycles.